The largest absolute Gasteiger partial charge is 0.368 e. The third-order valence-electron chi connectivity index (χ3n) is 5.31. The van der Waals surface area contributed by atoms with Gasteiger partial charge in [0.2, 0.25) is 0 Å². The van der Waals surface area contributed by atoms with Crippen molar-refractivity contribution < 1.29 is 25.9 Å². The van der Waals surface area contributed by atoms with Gasteiger partial charge in [0.15, 0.2) is 0 Å². The second-order valence-corrected chi connectivity index (χ2v) is 14.0. The highest BCUT2D eigenvalue weighted by atomic mass is 32.2. The van der Waals surface area contributed by atoms with Crippen LogP contribution in [0.2, 0.25) is 0 Å². The topological polar surface area (TPSA) is 183 Å². The molecule has 0 aliphatic carbocycles. The summed E-state index contributed by atoms with van der Waals surface area (Å²) in [6, 6.07) is 12.8. The maximum atomic E-state index is 9.19. The molecule has 0 radical (unpaired) electrons. The van der Waals surface area contributed by atoms with Gasteiger partial charge in [0.1, 0.15) is 11.7 Å². The number of aliphatic imine (C=N–C) groups is 2. The van der Waals surface area contributed by atoms with Gasteiger partial charge in [0, 0.05) is 37.1 Å². The van der Waals surface area contributed by atoms with E-state index in [2.05, 4.69) is 57.0 Å². The minimum atomic E-state index is -3.67. The smallest absolute Gasteiger partial charge is 0.261 e. The van der Waals surface area contributed by atoms with Crippen molar-refractivity contribution in [2.75, 3.05) is 38.7 Å². The molecule has 2 aromatic carbocycles. The number of nitrogens with one attached hydrogen (secondary N) is 2. The molecule has 2 aromatic heterocycles. The minimum Gasteiger partial charge on any atom is -0.368 e. The van der Waals surface area contributed by atoms with Gasteiger partial charge in [-0.3, -0.25) is 19.1 Å². The second kappa shape index (κ2) is 12.7. The first kappa shape index (κ1) is 30.0. The summed E-state index contributed by atoms with van der Waals surface area (Å²) in [5.74, 6) is 2.00. The number of rotatable bonds is 5. The number of amidine groups is 2. The Bertz CT molecular complexity index is 1650. The Labute approximate surface area is 239 Å². The van der Waals surface area contributed by atoms with Gasteiger partial charge in [-0.15, -0.1) is 22.7 Å². The van der Waals surface area contributed by atoms with E-state index in [1.165, 1.54) is 9.40 Å². The molecule has 0 atom stereocenters. The summed E-state index contributed by atoms with van der Waals surface area (Å²) in [6.45, 7) is 3.57. The summed E-state index contributed by atoms with van der Waals surface area (Å²) in [5.41, 5.74) is 4.43. The van der Waals surface area contributed by atoms with Crippen LogP contribution in [0.25, 0.3) is 20.4 Å². The number of thiazole rings is 2. The molecule has 4 N–H and O–H groups in total. The quantitative estimate of drug-likeness (QED) is 0.241. The highest BCUT2D eigenvalue weighted by Crippen LogP contribution is 2.27. The zero-order valence-corrected chi connectivity index (χ0v) is 24.9. The normalized spacial score (nSPS) is 14.9. The number of aryl methyl sites for hydroxylation is 2. The van der Waals surface area contributed by atoms with Gasteiger partial charge in [-0.2, -0.15) is 16.8 Å². The lowest BCUT2D eigenvalue weighted by Gasteiger charge is -2.01. The van der Waals surface area contributed by atoms with Gasteiger partial charge >= 0.3 is 0 Å². The summed E-state index contributed by atoms with van der Waals surface area (Å²) >= 11 is 3.55. The summed E-state index contributed by atoms with van der Waals surface area (Å²) in [7, 11) is -7.33. The highest BCUT2D eigenvalue weighted by Gasteiger charge is 2.13. The molecule has 16 heteroatoms. The molecular formula is C24H28N6O6S4. The first-order valence-electron chi connectivity index (χ1n) is 12.0. The lowest BCUT2D eigenvalue weighted by Crippen LogP contribution is -2.19. The van der Waals surface area contributed by atoms with Gasteiger partial charge < -0.3 is 10.6 Å². The van der Waals surface area contributed by atoms with E-state index in [0.717, 1.165) is 82.9 Å². The molecule has 0 amide bonds. The third kappa shape index (κ3) is 9.28. The molecule has 0 fully saturated rings. The Hall–Kier alpha value is -3.02. The van der Waals surface area contributed by atoms with Gasteiger partial charge in [0.25, 0.3) is 20.2 Å². The molecule has 0 unspecified atom stereocenters. The standard InChI is InChI=1S/C22H20N6S2.2CH4O3S/c1-3-15-17(11-13(1)21-23-7-8-24-21)29-19(27-15)5-6-20-28-16-4-2-14(12-18(16)30-20)22-25-9-10-26-22;2*1-5(2,3)4/h1-4,11-12H,5-10H2,(H,23,24)(H,25,26);2*1H3,(H,2,3,4). The third-order valence-corrected chi connectivity index (χ3v) is 7.47. The molecule has 0 saturated carbocycles. The van der Waals surface area contributed by atoms with E-state index in [4.69, 9.17) is 19.1 Å². The predicted octanol–water partition coefficient (Wildman–Crippen LogP) is 2.40. The van der Waals surface area contributed by atoms with Gasteiger partial charge in [-0.25, -0.2) is 9.97 Å². The van der Waals surface area contributed by atoms with E-state index in [0.29, 0.717) is 12.5 Å². The minimum absolute atomic E-state index is 0.715. The molecular weight excluding hydrogens is 597 g/mol. The van der Waals surface area contributed by atoms with E-state index in [1.54, 1.807) is 22.7 Å². The van der Waals surface area contributed by atoms with Crippen LogP contribution in [0.3, 0.4) is 0 Å². The summed E-state index contributed by atoms with van der Waals surface area (Å²) in [5, 5.41) is 9.00. The Morgan fingerprint density at radius 2 is 1.10 bits per heavy atom. The fraction of sp³-hybridized carbons (Fsp3) is 0.333. The maximum Gasteiger partial charge on any atom is 0.261 e. The van der Waals surface area contributed by atoms with E-state index >= 15 is 0 Å². The summed E-state index contributed by atoms with van der Waals surface area (Å²) < 4.78 is 54.2. The summed E-state index contributed by atoms with van der Waals surface area (Å²) in [4.78, 5) is 18.7. The number of nitrogens with zero attached hydrogens (tertiary/aromatic N) is 4. The van der Waals surface area contributed by atoms with Crippen molar-refractivity contribution in [3.05, 3.63) is 57.5 Å². The van der Waals surface area contributed by atoms with Gasteiger partial charge in [-0.05, 0) is 36.4 Å². The van der Waals surface area contributed by atoms with Crippen molar-refractivity contribution >= 4 is 75.0 Å². The van der Waals surface area contributed by atoms with Crippen molar-refractivity contribution in [2.45, 2.75) is 12.8 Å². The first-order chi connectivity index (χ1) is 18.8. The van der Waals surface area contributed by atoms with Crippen LogP contribution in [0.15, 0.2) is 46.4 Å². The fourth-order valence-corrected chi connectivity index (χ4v) is 5.86. The average Bonchev–Trinajstić information content (AvgIpc) is 3.65. The molecule has 2 aliphatic heterocycles. The van der Waals surface area contributed by atoms with Crippen LogP contribution < -0.4 is 10.6 Å². The molecule has 2 aliphatic rings. The monoisotopic (exact) mass is 624 g/mol. The predicted molar refractivity (Wildman–Crippen MR) is 160 cm³/mol. The lowest BCUT2D eigenvalue weighted by molar-refractivity contribution is 0.488. The van der Waals surface area contributed by atoms with E-state index in [9.17, 15) is 16.8 Å². The number of benzene rings is 2. The van der Waals surface area contributed by atoms with E-state index in [-0.39, 0.29) is 0 Å². The first-order valence-corrected chi connectivity index (χ1v) is 17.4. The van der Waals surface area contributed by atoms with Crippen LogP contribution in [0.4, 0.5) is 0 Å². The fourth-order valence-electron chi connectivity index (χ4n) is 3.85. The molecule has 214 valence electrons. The maximum absolute atomic E-state index is 9.19. The van der Waals surface area contributed by atoms with Crippen molar-refractivity contribution in [1.82, 2.24) is 20.6 Å². The highest BCUT2D eigenvalue weighted by molar-refractivity contribution is 7.85. The number of fused-ring (bicyclic) bond motifs is 2. The Morgan fingerprint density at radius 1 is 0.725 bits per heavy atom. The molecule has 4 heterocycles. The van der Waals surface area contributed by atoms with Crippen LogP contribution in [0, 0.1) is 0 Å². The van der Waals surface area contributed by atoms with Crippen LogP contribution in [0.5, 0.6) is 0 Å². The zero-order valence-electron chi connectivity index (χ0n) is 21.7. The zero-order chi connectivity index (χ0) is 28.9. The molecule has 12 nitrogen and oxygen atoms in total. The van der Waals surface area contributed by atoms with E-state index in [1.807, 2.05) is 0 Å². The van der Waals surface area contributed by atoms with Gasteiger partial charge in [-0.1, -0.05) is 0 Å². The molecule has 6 rings (SSSR count). The molecule has 0 spiro atoms. The van der Waals surface area contributed by atoms with Gasteiger partial charge in [0.05, 0.1) is 56.0 Å². The molecule has 0 bridgehead atoms. The van der Waals surface area contributed by atoms with Crippen LogP contribution in [-0.4, -0.2) is 86.3 Å². The van der Waals surface area contributed by atoms with Crippen molar-refractivity contribution in [2.24, 2.45) is 9.98 Å². The summed E-state index contributed by atoms with van der Waals surface area (Å²) in [6.07, 6.45) is 3.25. The Balaban J connectivity index is 0.000000321. The average molecular weight is 625 g/mol. The van der Waals surface area contributed by atoms with Crippen LogP contribution >= 0.6 is 22.7 Å². The lowest BCUT2D eigenvalue weighted by atomic mass is 10.2. The van der Waals surface area contributed by atoms with Crippen LogP contribution in [-0.2, 0) is 33.1 Å². The van der Waals surface area contributed by atoms with Crippen molar-refractivity contribution in [3.63, 3.8) is 0 Å². The molecule has 0 saturated heterocycles. The number of hydrogen-bond donors (Lipinski definition) is 4. The Kier molecular flexibility index (Phi) is 9.48. The van der Waals surface area contributed by atoms with Crippen LogP contribution in [0.1, 0.15) is 21.1 Å². The number of hydrogen-bond acceptors (Lipinski definition) is 12. The number of aromatic nitrogens is 2. The SMILES string of the molecule is CS(=O)(=O)O.CS(=O)(=O)O.c1cc2nc(CCc3nc4ccc(C5=NCCN5)cc4s3)sc2cc1C1=NCCN1. The van der Waals surface area contributed by atoms with Crippen molar-refractivity contribution in [1.29, 1.82) is 0 Å². The van der Waals surface area contributed by atoms with E-state index < -0.39 is 20.2 Å². The molecule has 40 heavy (non-hydrogen) atoms. The van der Waals surface area contributed by atoms with Crippen molar-refractivity contribution in [3.8, 4) is 0 Å². The second-order valence-electron chi connectivity index (χ2n) is 8.86. The Morgan fingerprint density at radius 3 is 1.43 bits per heavy atom. The molecule has 4 aromatic rings.